The Morgan fingerprint density at radius 1 is 1.10 bits per heavy atom. The summed E-state index contributed by atoms with van der Waals surface area (Å²) in [5.74, 6) is 5.73. The lowest BCUT2D eigenvalue weighted by atomic mass is 9.98. The summed E-state index contributed by atoms with van der Waals surface area (Å²) < 4.78 is 0. The van der Waals surface area contributed by atoms with Gasteiger partial charge in [-0.1, -0.05) is 18.2 Å². The van der Waals surface area contributed by atoms with Gasteiger partial charge in [0.25, 0.3) is 0 Å². The van der Waals surface area contributed by atoms with Gasteiger partial charge in [-0.3, -0.25) is 20.8 Å². The number of pyridine rings is 1. The van der Waals surface area contributed by atoms with Crippen molar-refractivity contribution in [2.75, 3.05) is 0 Å². The maximum absolute atomic E-state index is 5.73. The van der Waals surface area contributed by atoms with Gasteiger partial charge in [-0.2, -0.15) is 0 Å². The van der Waals surface area contributed by atoms with Crippen molar-refractivity contribution in [3.05, 3.63) is 66.0 Å². The number of aryl methyl sites for hydroxylation is 1. The summed E-state index contributed by atoms with van der Waals surface area (Å²) in [6, 6.07) is 7.84. The van der Waals surface area contributed by atoms with Crippen LogP contribution >= 0.6 is 0 Å². The molecule has 5 nitrogen and oxygen atoms in total. The van der Waals surface area contributed by atoms with Crippen molar-refractivity contribution in [2.45, 2.75) is 13.0 Å². The quantitative estimate of drug-likeness (QED) is 0.558. The molecule has 0 aliphatic carbocycles. The number of nitrogens with one attached hydrogen (secondary N) is 1. The highest BCUT2D eigenvalue weighted by molar-refractivity contribution is 5.85. The summed E-state index contributed by atoms with van der Waals surface area (Å²) in [7, 11) is 0. The van der Waals surface area contributed by atoms with E-state index in [1.807, 2.05) is 37.4 Å². The molecule has 1 atom stereocenters. The van der Waals surface area contributed by atoms with Crippen molar-refractivity contribution >= 4 is 10.8 Å². The van der Waals surface area contributed by atoms with Crippen LogP contribution in [0.1, 0.15) is 23.0 Å². The van der Waals surface area contributed by atoms with E-state index < -0.39 is 0 Å². The maximum Gasteiger partial charge on any atom is 0.0903 e. The number of benzene rings is 1. The van der Waals surface area contributed by atoms with E-state index in [0.717, 1.165) is 27.7 Å². The molecule has 0 aliphatic rings. The number of hydrogen-bond donors (Lipinski definition) is 2. The summed E-state index contributed by atoms with van der Waals surface area (Å²) in [5, 5.41) is 2.18. The van der Waals surface area contributed by atoms with Gasteiger partial charge < -0.3 is 0 Å². The molecular formula is C15H15N5. The van der Waals surface area contributed by atoms with E-state index in [1.54, 1.807) is 18.6 Å². The van der Waals surface area contributed by atoms with E-state index in [1.165, 1.54) is 0 Å². The molecule has 1 aromatic carbocycles. The lowest BCUT2D eigenvalue weighted by Gasteiger charge is -2.17. The molecule has 5 heteroatoms. The lowest BCUT2D eigenvalue weighted by molar-refractivity contribution is 0.620. The molecule has 0 saturated heterocycles. The lowest BCUT2D eigenvalue weighted by Crippen LogP contribution is -2.29. The summed E-state index contributed by atoms with van der Waals surface area (Å²) in [6.07, 6.45) is 7.11. The Morgan fingerprint density at radius 3 is 2.75 bits per heavy atom. The number of nitrogens with zero attached hydrogens (tertiary/aromatic N) is 3. The van der Waals surface area contributed by atoms with Gasteiger partial charge in [0, 0.05) is 24.0 Å². The smallest absolute Gasteiger partial charge is 0.0903 e. The minimum absolute atomic E-state index is 0.200. The van der Waals surface area contributed by atoms with Gasteiger partial charge >= 0.3 is 0 Å². The average Bonchev–Trinajstić information content (AvgIpc) is 2.50. The molecule has 0 bridgehead atoms. The van der Waals surface area contributed by atoms with E-state index >= 15 is 0 Å². The number of hydrogen-bond acceptors (Lipinski definition) is 5. The minimum atomic E-state index is -0.200. The van der Waals surface area contributed by atoms with Gasteiger partial charge in [-0.25, -0.2) is 5.43 Å². The highest BCUT2D eigenvalue weighted by Crippen LogP contribution is 2.26. The topological polar surface area (TPSA) is 76.7 Å². The molecule has 20 heavy (non-hydrogen) atoms. The fraction of sp³-hybridized carbons (Fsp3) is 0.133. The van der Waals surface area contributed by atoms with Gasteiger partial charge in [0.2, 0.25) is 0 Å². The Hall–Kier alpha value is -2.37. The molecule has 3 N–H and O–H groups in total. The summed E-state index contributed by atoms with van der Waals surface area (Å²) >= 11 is 0. The fourth-order valence-electron chi connectivity index (χ4n) is 2.29. The molecule has 2 heterocycles. The molecule has 0 radical (unpaired) electrons. The Balaban J connectivity index is 2.14. The van der Waals surface area contributed by atoms with E-state index in [2.05, 4.69) is 20.4 Å². The van der Waals surface area contributed by atoms with Crippen LogP contribution in [0.2, 0.25) is 0 Å². The second kappa shape index (κ2) is 5.32. The molecule has 0 saturated carbocycles. The van der Waals surface area contributed by atoms with Crippen LogP contribution in [0.4, 0.5) is 0 Å². The van der Waals surface area contributed by atoms with E-state index in [0.29, 0.717) is 0 Å². The zero-order valence-electron chi connectivity index (χ0n) is 11.1. The van der Waals surface area contributed by atoms with Crippen molar-refractivity contribution in [1.29, 1.82) is 0 Å². The number of rotatable bonds is 3. The average molecular weight is 265 g/mol. The Kier molecular flexibility index (Phi) is 3.37. The van der Waals surface area contributed by atoms with Gasteiger partial charge in [-0.15, -0.1) is 0 Å². The molecule has 0 amide bonds. The highest BCUT2D eigenvalue weighted by Gasteiger charge is 2.16. The molecule has 1 unspecified atom stereocenters. The summed E-state index contributed by atoms with van der Waals surface area (Å²) in [4.78, 5) is 12.8. The molecule has 0 aliphatic heterocycles. The van der Waals surface area contributed by atoms with Gasteiger partial charge in [0.1, 0.15) is 0 Å². The second-order valence-corrected chi connectivity index (χ2v) is 4.63. The largest absolute Gasteiger partial charge is 0.271 e. The third kappa shape index (κ3) is 2.24. The Morgan fingerprint density at radius 2 is 2.00 bits per heavy atom. The first kappa shape index (κ1) is 12.7. The normalized spacial score (nSPS) is 12.5. The van der Waals surface area contributed by atoms with Gasteiger partial charge in [0.15, 0.2) is 0 Å². The van der Waals surface area contributed by atoms with Crippen LogP contribution in [0.25, 0.3) is 10.8 Å². The van der Waals surface area contributed by atoms with Crippen LogP contribution in [0.3, 0.4) is 0 Å². The van der Waals surface area contributed by atoms with Crippen LogP contribution in [-0.2, 0) is 0 Å². The first-order chi connectivity index (χ1) is 9.79. The molecule has 2 aromatic heterocycles. The molecule has 100 valence electrons. The third-order valence-corrected chi connectivity index (χ3v) is 3.29. The molecule has 3 aromatic rings. The molecular weight excluding hydrogens is 250 g/mol. The van der Waals surface area contributed by atoms with Crippen LogP contribution in [0.5, 0.6) is 0 Å². The maximum atomic E-state index is 5.73. The van der Waals surface area contributed by atoms with Crippen molar-refractivity contribution in [3.8, 4) is 0 Å². The van der Waals surface area contributed by atoms with Crippen molar-refractivity contribution in [2.24, 2.45) is 5.84 Å². The van der Waals surface area contributed by atoms with Crippen molar-refractivity contribution < 1.29 is 0 Å². The van der Waals surface area contributed by atoms with E-state index in [4.69, 9.17) is 5.84 Å². The predicted octanol–water partition coefficient (Wildman–Crippen LogP) is 1.89. The zero-order valence-corrected chi connectivity index (χ0v) is 11.1. The highest BCUT2D eigenvalue weighted by atomic mass is 15.2. The van der Waals surface area contributed by atoms with Crippen LogP contribution in [0.15, 0.2) is 49.1 Å². The number of aromatic nitrogens is 3. The first-order valence-electron chi connectivity index (χ1n) is 6.37. The Bertz CT molecular complexity index is 718. The summed E-state index contributed by atoms with van der Waals surface area (Å²) in [6.45, 7) is 1.91. The number of hydrazine groups is 1. The third-order valence-electron chi connectivity index (χ3n) is 3.29. The fourth-order valence-corrected chi connectivity index (χ4v) is 2.29. The van der Waals surface area contributed by atoms with Crippen LogP contribution < -0.4 is 11.3 Å². The number of fused-ring (bicyclic) bond motifs is 1. The standard InChI is InChI=1S/C15H15N5/c1-10-7-19-14(9-18-10)15(20-16)13-4-2-3-11-8-17-6-5-12(11)13/h2-9,15,20H,16H2,1H3. The van der Waals surface area contributed by atoms with Crippen LogP contribution in [-0.4, -0.2) is 15.0 Å². The zero-order chi connectivity index (χ0) is 13.9. The number of nitrogens with two attached hydrogens (primary N) is 1. The molecule has 0 fully saturated rings. The first-order valence-corrected chi connectivity index (χ1v) is 6.37. The van der Waals surface area contributed by atoms with E-state index in [9.17, 15) is 0 Å². The predicted molar refractivity (Wildman–Crippen MR) is 77.7 cm³/mol. The second-order valence-electron chi connectivity index (χ2n) is 4.63. The van der Waals surface area contributed by atoms with Crippen molar-refractivity contribution in [1.82, 2.24) is 20.4 Å². The van der Waals surface area contributed by atoms with E-state index in [-0.39, 0.29) is 6.04 Å². The van der Waals surface area contributed by atoms with Crippen molar-refractivity contribution in [3.63, 3.8) is 0 Å². The minimum Gasteiger partial charge on any atom is -0.271 e. The molecule has 3 rings (SSSR count). The van der Waals surface area contributed by atoms with Gasteiger partial charge in [0.05, 0.1) is 23.6 Å². The monoisotopic (exact) mass is 265 g/mol. The Labute approximate surface area is 116 Å². The molecule has 0 spiro atoms. The van der Waals surface area contributed by atoms with Gasteiger partial charge in [-0.05, 0) is 23.9 Å². The van der Waals surface area contributed by atoms with Crippen LogP contribution in [0, 0.1) is 6.92 Å². The summed E-state index contributed by atoms with van der Waals surface area (Å²) in [5.41, 5.74) is 5.56. The SMILES string of the molecule is Cc1cnc(C(NN)c2cccc3cnccc23)cn1.